The van der Waals surface area contributed by atoms with E-state index in [0.29, 0.717) is 0 Å². The molecule has 0 aromatic carbocycles. The summed E-state index contributed by atoms with van der Waals surface area (Å²) in [5.41, 5.74) is 4.76. The first-order valence-corrected chi connectivity index (χ1v) is 3.71. The number of nitrogens with two attached hydrogens (primary N) is 1. The smallest absolute Gasteiger partial charge is 0.548 e. The maximum absolute atomic E-state index is 10.3. The molecule has 15 N–H and O–H groups in total. The van der Waals surface area contributed by atoms with E-state index in [1.807, 2.05) is 0 Å². The van der Waals surface area contributed by atoms with Crippen LogP contribution in [0.4, 0.5) is 0 Å². The number of aliphatic carboxylic acids is 1. The fraction of sp³-hybridized carbons (Fsp3) is 0.400. The standard InChI is InChI=1S/C5H8N2O3S2.6H2O.Zn/c6-3(8)1-2(4(9)10)7-5(11)12;;;;;;;/h2H,1H2,(H2,6,8)(H,9,10)(H2,7,11,12);6*1H2;/q;;;;;;;+2/p-2/t2-;;;;;;;/m0......./s1. The van der Waals surface area contributed by atoms with Crippen LogP contribution in [0.2, 0.25) is 0 Å². The molecule has 0 aliphatic carbocycles. The zero-order valence-electron chi connectivity index (χ0n) is 9.61. The Bertz CT molecular complexity index is 217. The van der Waals surface area contributed by atoms with E-state index in [2.05, 4.69) is 30.2 Å². The first-order valence-electron chi connectivity index (χ1n) is 2.90. The topological polar surface area (TPSA) is 284 Å². The molecule has 11 nitrogen and oxygen atoms in total. The molecular formula is C5H18N2O9S2Zn. The number of nitrogens with one attached hydrogen (secondary N) is 1. The number of rotatable bonds is 4. The Kier molecular flexibility index (Phi) is 70.7. The van der Waals surface area contributed by atoms with Gasteiger partial charge in [0.05, 0.1) is 18.4 Å². The van der Waals surface area contributed by atoms with E-state index < -0.39 is 17.9 Å². The van der Waals surface area contributed by atoms with Crippen LogP contribution in [0.25, 0.3) is 0 Å². The van der Waals surface area contributed by atoms with E-state index in [9.17, 15) is 14.7 Å². The van der Waals surface area contributed by atoms with E-state index in [4.69, 9.17) is 5.73 Å². The third kappa shape index (κ3) is 31.8. The summed E-state index contributed by atoms with van der Waals surface area (Å²) in [6, 6.07) is -1.23. The van der Waals surface area contributed by atoms with Gasteiger partial charge in [-0.15, -0.1) is 0 Å². The van der Waals surface area contributed by atoms with Gasteiger partial charge in [-0.1, -0.05) is 4.32 Å². The van der Waals surface area contributed by atoms with Crippen molar-refractivity contribution >= 4 is 41.0 Å². The van der Waals surface area contributed by atoms with Crippen LogP contribution < -0.4 is 16.2 Å². The molecule has 0 aromatic heterocycles. The van der Waals surface area contributed by atoms with Gasteiger partial charge in [0.25, 0.3) is 0 Å². The summed E-state index contributed by atoms with van der Waals surface area (Å²) in [6.45, 7) is 0. The zero-order valence-corrected chi connectivity index (χ0v) is 14.2. The van der Waals surface area contributed by atoms with Crippen molar-refractivity contribution in [3.8, 4) is 0 Å². The average molecular weight is 380 g/mol. The van der Waals surface area contributed by atoms with Gasteiger partial charge in [0.1, 0.15) is 0 Å². The van der Waals surface area contributed by atoms with Crippen LogP contribution in [0.1, 0.15) is 6.42 Å². The number of carbonyl (C=O) groups is 2. The summed E-state index contributed by atoms with van der Waals surface area (Å²) in [4.78, 5) is 20.6. The minimum atomic E-state index is -1.46. The first-order chi connectivity index (χ1) is 5.43. The number of primary amides is 1. The normalized spacial score (nSPS) is 7.37. The summed E-state index contributed by atoms with van der Waals surface area (Å²) in [5, 5.41) is 12.5. The number of hydrogen-bond acceptors (Lipinski definition) is 5. The second kappa shape index (κ2) is 26.1. The quantitative estimate of drug-likeness (QED) is 0.271. The molecule has 1 amide bonds. The van der Waals surface area contributed by atoms with E-state index >= 15 is 0 Å². The van der Waals surface area contributed by atoms with Gasteiger partial charge in [0.15, 0.2) is 0 Å². The Morgan fingerprint density at radius 2 is 1.47 bits per heavy atom. The monoisotopic (exact) mass is 378 g/mol. The third-order valence-corrected chi connectivity index (χ3v) is 1.22. The Hall–Kier alpha value is -0.567. The molecule has 14 heteroatoms. The summed E-state index contributed by atoms with van der Waals surface area (Å²) < 4.78 is -0.134. The molecular weight excluding hydrogens is 362 g/mol. The van der Waals surface area contributed by atoms with Crippen LogP contribution in [0.15, 0.2) is 0 Å². The van der Waals surface area contributed by atoms with Crippen molar-refractivity contribution in [2.24, 2.45) is 5.73 Å². The molecule has 0 saturated carbocycles. The van der Waals surface area contributed by atoms with Gasteiger partial charge in [0, 0.05) is 0 Å². The molecule has 0 heterocycles. The van der Waals surface area contributed by atoms with Crippen LogP contribution >= 0.6 is 12.2 Å². The molecule has 0 saturated heterocycles. The largest absolute Gasteiger partial charge is 2.00 e. The minimum absolute atomic E-state index is 0. The van der Waals surface area contributed by atoms with Crippen molar-refractivity contribution in [1.82, 2.24) is 5.32 Å². The second-order valence-electron chi connectivity index (χ2n) is 1.97. The summed E-state index contributed by atoms with van der Waals surface area (Å²) in [5.74, 6) is -2.22. The predicted molar refractivity (Wildman–Crippen MR) is 67.4 cm³/mol. The maximum atomic E-state index is 10.3. The van der Waals surface area contributed by atoms with Crippen LogP contribution in [0.3, 0.4) is 0 Å². The van der Waals surface area contributed by atoms with Gasteiger partial charge in [-0.05, 0) is 0 Å². The summed E-state index contributed by atoms with van der Waals surface area (Å²) >= 11 is 8.81. The number of carboxylic acids is 1. The fourth-order valence-corrected chi connectivity index (χ4v) is 0.821. The molecule has 0 bridgehead atoms. The summed E-state index contributed by atoms with van der Waals surface area (Å²) in [7, 11) is 0. The van der Waals surface area contributed by atoms with Gasteiger partial charge in [0.2, 0.25) is 5.91 Å². The molecule has 1 atom stereocenters. The number of carboxylic acid groups (broad SMARTS) is 1. The zero-order chi connectivity index (χ0) is 9.72. The van der Waals surface area contributed by atoms with E-state index in [1.165, 1.54) is 0 Å². The predicted octanol–water partition coefficient (Wildman–Crippen LogP) is -7.55. The van der Waals surface area contributed by atoms with Gasteiger partial charge in [-0.2, -0.15) is 0 Å². The Balaban J connectivity index is -0.0000000288. The van der Waals surface area contributed by atoms with Crippen molar-refractivity contribution in [1.29, 1.82) is 0 Å². The van der Waals surface area contributed by atoms with Crippen LogP contribution in [-0.4, -0.2) is 55.1 Å². The van der Waals surface area contributed by atoms with Crippen LogP contribution in [0, 0.1) is 0 Å². The van der Waals surface area contributed by atoms with Crippen LogP contribution in [-0.2, 0) is 41.7 Å². The maximum Gasteiger partial charge on any atom is 2.00 e. The summed E-state index contributed by atoms with van der Waals surface area (Å²) in [6.07, 6.45) is -0.390. The first kappa shape index (κ1) is 51.5. The molecule has 0 aromatic rings. The van der Waals surface area contributed by atoms with E-state index in [0.717, 1.165) is 0 Å². The molecule has 0 aliphatic rings. The van der Waals surface area contributed by atoms with Crippen molar-refractivity contribution in [3.63, 3.8) is 0 Å². The Morgan fingerprint density at radius 3 is 1.63 bits per heavy atom. The van der Waals surface area contributed by atoms with Gasteiger partial charge in [-0.3, -0.25) is 4.79 Å². The van der Waals surface area contributed by atoms with Crippen molar-refractivity contribution < 1.29 is 67.0 Å². The molecule has 0 rings (SSSR count). The molecule has 0 unspecified atom stereocenters. The molecule has 116 valence electrons. The number of amides is 1. The number of hydrogen-bond donors (Lipinski definition) is 2. The van der Waals surface area contributed by atoms with Gasteiger partial charge >= 0.3 is 19.5 Å². The van der Waals surface area contributed by atoms with Gasteiger partial charge < -0.3 is 78.7 Å². The molecule has 0 spiro atoms. The average Bonchev–Trinajstić information content (AvgIpc) is 1.83. The number of carbonyl (C=O) groups excluding carboxylic acids is 2. The molecule has 0 aliphatic heterocycles. The molecule has 0 fully saturated rings. The van der Waals surface area contributed by atoms with Crippen molar-refractivity contribution in [3.05, 3.63) is 0 Å². The minimum Gasteiger partial charge on any atom is -0.548 e. The van der Waals surface area contributed by atoms with E-state index in [1.54, 1.807) is 0 Å². The van der Waals surface area contributed by atoms with Crippen LogP contribution in [0.5, 0.6) is 0 Å². The van der Waals surface area contributed by atoms with Gasteiger partial charge in [-0.25, -0.2) is 0 Å². The fourth-order valence-electron chi connectivity index (χ4n) is 0.537. The molecule has 19 heavy (non-hydrogen) atoms. The SMILES string of the molecule is NC(=O)C[C@H](NC(=S)[S-])C(=O)[O-].O.O.O.O.O.O.[Zn+2]. The van der Waals surface area contributed by atoms with E-state index in [-0.39, 0.29) is 63.1 Å². The Labute approximate surface area is 131 Å². The van der Waals surface area contributed by atoms with Crippen molar-refractivity contribution in [2.45, 2.75) is 12.5 Å². The second-order valence-corrected chi connectivity index (χ2v) is 3.05. The van der Waals surface area contributed by atoms with Crippen molar-refractivity contribution in [2.75, 3.05) is 0 Å². The number of thiocarbonyl (C=S) groups is 1. The third-order valence-electron chi connectivity index (χ3n) is 0.982. The Morgan fingerprint density at radius 1 is 1.16 bits per heavy atom. The molecule has 0 radical (unpaired) electrons.